The molecule has 0 radical (unpaired) electrons. The third-order valence-electron chi connectivity index (χ3n) is 1.77. The van der Waals surface area contributed by atoms with E-state index in [4.69, 9.17) is 11.6 Å². The lowest BCUT2D eigenvalue weighted by atomic mass is 10.3. The fourth-order valence-electron chi connectivity index (χ4n) is 1.01. The molecule has 0 unspecified atom stereocenters. The fourth-order valence-corrected chi connectivity index (χ4v) is 1.19. The average Bonchev–Trinajstić information content (AvgIpc) is 2.30. The molecule has 0 heterocycles. The first-order chi connectivity index (χ1) is 7.95. The van der Waals surface area contributed by atoms with E-state index in [9.17, 15) is 19.7 Å². The monoisotopic (exact) mass is 258 g/mol. The summed E-state index contributed by atoms with van der Waals surface area (Å²) in [4.78, 5) is 31.8. The highest BCUT2D eigenvalue weighted by Crippen LogP contribution is 2.27. The Kier molecular flexibility index (Phi) is 4.00. The largest absolute Gasteiger partial charge is 0.462 e. The van der Waals surface area contributed by atoms with Gasteiger partial charge in [0.25, 0.3) is 5.69 Å². The molecule has 0 aliphatic rings. The molecule has 1 aromatic carbocycles. The molecule has 0 spiro atoms. The number of nitro groups is 1. The molecule has 17 heavy (non-hydrogen) atoms. The fraction of sp³-hybridized carbons (Fsp3) is 0.111. The van der Waals surface area contributed by atoms with Gasteiger partial charge >= 0.3 is 11.9 Å². The summed E-state index contributed by atoms with van der Waals surface area (Å²) in [5.74, 6) is -2.12. The van der Waals surface area contributed by atoms with Crippen molar-refractivity contribution in [2.24, 2.45) is 0 Å². The van der Waals surface area contributed by atoms with Crippen LogP contribution in [-0.4, -0.2) is 23.9 Å². The lowest BCUT2D eigenvalue weighted by Crippen LogP contribution is -2.23. The number of nitrogens with zero attached hydrogens (tertiary/aromatic N) is 1. The van der Waals surface area contributed by atoms with Gasteiger partial charge < -0.3 is 10.1 Å². The molecular weight excluding hydrogens is 252 g/mol. The molecule has 7 nitrogen and oxygen atoms in total. The van der Waals surface area contributed by atoms with Gasteiger partial charge in [0, 0.05) is 11.8 Å². The number of amides is 1. The van der Waals surface area contributed by atoms with Crippen molar-refractivity contribution in [1.82, 2.24) is 0 Å². The molecule has 8 heteroatoms. The van der Waals surface area contributed by atoms with Crippen LogP contribution in [0.4, 0.5) is 11.4 Å². The van der Waals surface area contributed by atoms with E-state index in [0.29, 0.717) is 0 Å². The van der Waals surface area contributed by atoms with Gasteiger partial charge in [-0.1, -0.05) is 11.6 Å². The summed E-state index contributed by atoms with van der Waals surface area (Å²) >= 11 is 5.57. The summed E-state index contributed by atoms with van der Waals surface area (Å²) < 4.78 is 4.17. The Morgan fingerprint density at radius 3 is 2.65 bits per heavy atom. The molecule has 0 atom stereocenters. The predicted molar refractivity (Wildman–Crippen MR) is 58.8 cm³/mol. The number of rotatable bonds is 2. The summed E-state index contributed by atoms with van der Waals surface area (Å²) in [6.45, 7) is 0. The highest BCUT2D eigenvalue weighted by Gasteiger charge is 2.17. The van der Waals surface area contributed by atoms with Gasteiger partial charge in [-0.2, -0.15) is 0 Å². The normalized spacial score (nSPS) is 9.53. The van der Waals surface area contributed by atoms with Crippen LogP contribution in [0.5, 0.6) is 0 Å². The third-order valence-corrected chi connectivity index (χ3v) is 2.09. The number of methoxy groups -OCH3 is 1. The van der Waals surface area contributed by atoms with Crippen LogP contribution in [0.1, 0.15) is 0 Å². The second-order valence-corrected chi connectivity index (χ2v) is 3.28. The Balaban J connectivity index is 2.94. The lowest BCUT2D eigenvalue weighted by molar-refractivity contribution is -0.384. The minimum atomic E-state index is -1.09. The summed E-state index contributed by atoms with van der Waals surface area (Å²) in [6, 6.07) is 3.62. The molecule has 0 saturated heterocycles. The van der Waals surface area contributed by atoms with Crippen LogP contribution < -0.4 is 5.32 Å². The third kappa shape index (κ3) is 3.15. The van der Waals surface area contributed by atoms with E-state index in [-0.39, 0.29) is 16.4 Å². The Bertz CT molecular complexity index is 488. The molecule has 1 N–H and O–H groups in total. The Morgan fingerprint density at radius 2 is 2.12 bits per heavy atom. The number of benzene rings is 1. The zero-order valence-electron chi connectivity index (χ0n) is 8.60. The van der Waals surface area contributed by atoms with Gasteiger partial charge in [-0.3, -0.25) is 14.9 Å². The standard InChI is InChI=1S/C9H7ClN2O5/c1-17-9(14)8(13)11-5-2-3-6(10)7(4-5)12(15)16/h2-4H,1H3,(H,11,13). The molecule has 0 aliphatic carbocycles. The summed E-state index contributed by atoms with van der Waals surface area (Å²) in [6.07, 6.45) is 0. The number of anilines is 1. The van der Waals surface area contributed by atoms with Gasteiger partial charge in [0.2, 0.25) is 0 Å². The molecule has 1 aromatic rings. The molecule has 1 amide bonds. The SMILES string of the molecule is COC(=O)C(=O)Nc1ccc(Cl)c([N+](=O)[O-])c1. The average molecular weight is 259 g/mol. The molecule has 0 saturated carbocycles. The Hall–Kier alpha value is -2.15. The molecule has 90 valence electrons. The van der Waals surface area contributed by atoms with Crippen LogP contribution in [-0.2, 0) is 14.3 Å². The van der Waals surface area contributed by atoms with E-state index in [1.807, 2.05) is 0 Å². The highest BCUT2D eigenvalue weighted by atomic mass is 35.5. The van der Waals surface area contributed by atoms with Gasteiger partial charge in [-0.15, -0.1) is 0 Å². The maximum atomic E-state index is 11.1. The minimum Gasteiger partial charge on any atom is -0.462 e. The topological polar surface area (TPSA) is 98.5 Å². The smallest absolute Gasteiger partial charge is 0.396 e. The molecule has 0 aromatic heterocycles. The first-order valence-corrected chi connectivity index (χ1v) is 4.66. The number of carbonyl (C=O) groups excluding carboxylic acids is 2. The Labute approximate surface area is 100 Å². The Morgan fingerprint density at radius 1 is 1.47 bits per heavy atom. The number of carbonyl (C=O) groups is 2. The van der Waals surface area contributed by atoms with Crippen molar-refractivity contribution in [1.29, 1.82) is 0 Å². The summed E-state index contributed by atoms with van der Waals surface area (Å²) in [7, 11) is 1.05. The van der Waals surface area contributed by atoms with E-state index in [1.54, 1.807) is 0 Å². The van der Waals surface area contributed by atoms with E-state index < -0.39 is 16.8 Å². The highest BCUT2D eigenvalue weighted by molar-refractivity contribution is 6.37. The maximum absolute atomic E-state index is 11.1. The van der Waals surface area contributed by atoms with Gasteiger partial charge in [0.1, 0.15) is 5.02 Å². The van der Waals surface area contributed by atoms with Crippen molar-refractivity contribution in [2.75, 3.05) is 12.4 Å². The molecule has 0 bridgehead atoms. The first kappa shape index (κ1) is 12.9. The van der Waals surface area contributed by atoms with Crippen LogP contribution >= 0.6 is 11.6 Å². The van der Waals surface area contributed by atoms with Gasteiger partial charge in [0.05, 0.1) is 12.0 Å². The van der Waals surface area contributed by atoms with Crippen LogP contribution in [0.3, 0.4) is 0 Å². The second-order valence-electron chi connectivity index (χ2n) is 2.87. The van der Waals surface area contributed by atoms with Crippen molar-refractivity contribution < 1.29 is 19.2 Å². The van der Waals surface area contributed by atoms with Crippen LogP contribution in [0.15, 0.2) is 18.2 Å². The predicted octanol–water partition coefficient (Wildman–Crippen LogP) is 1.36. The number of nitro benzene ring substituents is 1. The zero-order chi connectivity index (χ0) is 13.0. The maximum Gasteiger partial charge on any atom is 0.396 e. The van der Waals surface area contributed by atoms with E-state index in [2.05, 4.69) is 10.1 Å². The minimum absolute atomic E-state index is 0.0638. The number of nitrogens with one attached hydrogen (secondary N) is 1. The summed E-state index contributed by atoms with van der Waals surface area (Å²) in [5.41, 5.74) is -0.286. The molecular formula is C9H7ClN2O5. The van der Waals surface area contributed by atoms with Crippen molar-refractivity contribution in [3.8, 4) is 0 Å². The lowest BCUT2D eigenvalue weighted by Gasteiger charge is -2.03. The number of halogens is 1. The van der Waals surface area contributed by atoms with Gasteiger partial charge in [-0.25, -0.2) is 4.79 Å². The number of hydrogen-bond donors (Lipinski definition) is 1. The zero-order valence-corrected chi connectivity index (χ0v) is 9.35. The van der Waals surface area contributed by atoms with Crippen molar-refractivity contribution in [3.05, 3.63) is 33.3 Å². The number of esters is 1. The van der Waals surface area contributed by atoms with Gasteiger partial charge in [-0.05, 0) is 12.1 Å². The summed E-state index contributed by atoms with van der Waals surface area (Å²) in [5, 5.41) is 12.6. The first-order valence-electron chi connectivity index (χ1n) is 4.29. The van der Waals surface area contributed by atoms with Crippen molar-refractivity contribution in [3.63, 3.8) is 0 Å². The molecule has 0 aliphatic heterocycles. The van der Waals surface area contributed by atoms with E-state index in [0.717, 1.165) is 13.2 Å². The molecule has 1 rings (SSSR count). The van der Waals surface area contributed by atoms with E-state index in [1.165, 1.54) is 12.1 Å². The number of hydrogen-bond acceptors (Lipinski definition) is 5. The van der Waals surface area contributed by atoms with Crippen molar-refractivity contribution >= 4 is 34.9 Å². The number of ether oxygens (including phenoxy) is 1. The van der Waals surface area contributed by atoms with Crippen LogP contribution in [0, 0.1) is 10.1 Å². The quantitative estimate of drug-likeness (QED) is 0.374. The van der Waals surface area contributed by atoms with E-state index >= 15 is 0 Å². The van der Waals surface area contributed by atoms with Gasteiger partial charge in [0.15, 0.2) is 0 Å². The second kappa shape index (κ2) is 5.26. The van der Waals surface area contributed by atoms with Crippen LogP contribution in [0.25, 0.3) is 0 Å². The van der Waals surface area contributed by atoms with Crippen LogP contribution in [0.2, 0.25) is 5.02 Å². The van der Waals surface area contributed by atoms with Crippen molar-refractivity contribution in [2.45, 2.75) is 0 Å². The molecule has 0 fully saturated rings.